The zero-order valence-electron chi connectivity index (χ0n) is 16.0. The molecule has 1 aliphatic rings. The molecule has 2 heterocycles. The van der Waals surface area contributed by atoms with Crippen molar-refractivity contribution >= 4 is 47.3 Å². The van der Waals surface area contributed by atoms with Crippen molar-refractivity contribution in [2.45, 2.75) is 38.1 Å². The summed E-state index contributed by atoms with van der Waals surface area (Å²) in [6, 6.07) is 10.1. The van der Waals surface area contributed by atoms with Crippen LogP contribution in [0.1, 0.15) is 37.7 Å². The van der Waals surface area contributed by atoms with Crippen LogP contribution in [0.3, 0.4) is 0 Å². The molecule has 0 saturated carbocycles. The first-order chi connectivity index (χ1) is 13.2. The van der Waals surface area contributed by atoms with Gasteiger partial charge in [-0.2, -0.15) is 5.26 Å². The van der Waals surface area contributed by atoms with E-state index in [2.05, 4.69) is 21.7 Å². The predicted molar refractivity (Wildman–Crippen MR) is 121 cm³/mol. The summed E-state index contributed by atoms with van der Waals surface area (Å²) >= 11 is 1.63. The Morgan fingerprint density at radius 2 is 1.93 bits per heavy atom. The van der Waals surface area contributed by atoms with Crippen molar-refractivity contribution < 1.29 is 9.90 Å². The molecule has 0 unspecified atom stereocenters. The molecule has 0 atom stereocenters. The number of nitrogens with zero attached hydrogens (tertiary/aromatic N) is 3. The number of anilines is 1. The number of thiazole rings is 1. The summed E-state index contributed by atoms with van der Waals surface area (Å²) in [6.07, 6.45) is 3.90. The number of carboxylic acids is 1. The minimum Gasteiger partial charge on any atom is -0.481 e. The van der Waals surface area contributed by atoms with Gasteiger partial charge in [0.1, 0.15) is 0 Å². The Bertz CT molecular complexity index is 802. The molecule has 1 saturated heterocycles. The van der Waals surface area contributed by atoms with Gasteiger partial charge in [-0.3, -0.25) is 4.79 Å². The molecule has 1 aromatic carbocycles. The third-order valence-corrected chi connectivity index (χ3v) is 5.71. The van der Waals surface area contributed by atoms with E-state index in [1.165, 1.54) is 0 Å². The number of carbonyl (C=O) groups is 1. The lowest BCUT2D eigenvalue weighted by atomic mass is 10.0. The highest BCUT2D eigenvalue weighted by Crippen LogP contribution is 2.30. The Morgan fingerprint density at radius 3 is 2.55 bits per heavy atom. The van der Waals surface area contributed by atoms with Gasteiger partial charge in [0.15, 0.2) is 5.13 Å². The first-order valence-corrected chi connectivity index (χ1v) is 10.2. The van der Waals surface area contributed by atoms with E-state index < -0.39 is 5.97 Å². The van der Waals surface area contributed by atoms with Crippen LogP contribution in [0.25, 0.3) is 11.3 Å². The zero-order chi connectivity index (χ0) is 19.1. The van der Waals surface area contributed by atoms with Crippen LogP contribution < -0.4 is 10.2 Å². The van der Waals surface area contributed by atoms with E-state index in [9.17, 15) is 4.79 Å². The minimum atomic E-state index is -0.735. The lowest BCUT2D eigenvalue weighted by molar-refractivity contribution is -0.137. The Morgan fingerprint density at radius 1 is 1.24 bits per heavy atom. The quantitative estimate of drug-likeness (QED) is 0.574. The predicted octanol–water partition coefficient (Wildman–Crippen LogP) is 4.34. The van der Waals surface area contributed by atoms with Crippen molar-refractivity contribution in [3.63, 3.8) is 0 Å². The molecule has 0 aliphatic carbocycles. The average Bonchev–Trinajstić information content (AvgIpc) is 3.18. The number of aliphatic carboxylic acids is 1. The van der Waals surface area contributed by atoms with Crippen LogP contribution >= 0.6 is 36.2 Å². The third-order valence-electron chi connectivity index (χ3n) is 4.84. The highest BCUT2D eigenvalue weighted by molar-refractivity contribution is 7.14. The fourth-order valence-electron chi connectivity index (χ4n) is 3.36. The molecule has 1 fully saturated rings. The SMILES string of the molecule is Cl.Cl.N#Cc1ccc(-c2csc(N(CCCCC(=O)O)C3CCNCC3)n2)cc1. The van der Waals surface area contributed by atoms with Gasteiger partial charge in [-0.15, -0.1) is 36.2 Å². The molecular weight excluding hydrogens is 431 g/mol. The molecule has 0 amide bonds. The molecule has 9 heteroatoms. The Kier molecular flexibility index (Phi) is 11.0. The van der Waals surface area contributed by atoms with Crippen molar-refractivity contribution in [2.24, 2.45) is 0 Å². The number of hydrogen-bond donors (Lipinski definition) is 2. The van der Waals surface area contributed by atoms with Crippen molar-refractivity contribution in [3.8, 4) is 17.3 Å². The second-order valence-electron chi connectivity index (χ2n) is 6.73. The van der Waals surface area contributed by atoms with Gasteiger partial charge in [0, 0.05) is 30.0 Å². The average molecular weight is 457 g/mol. The maximum Gasteiger partial charge on any atom is 0.303 e. The molecule has 2 N–H and O–H groups in total. The first-order valence-electron chi connectivity index (χ1n) is 9.32. The number of carboxylic acid groups (broad SMARTS) is 1. The van der Waals surface area contributed by atoms with E-state index in [4.69, 9.17) is 15.4 Å². The number of halogens is 2. The lowest BCUT2D eigenvalue weighted by Gasteiger charge is -2.34. The molecule has 0 bridgehead atoms. The largest absolute Gasteiger partial charge is 0.481 e. The molecule has 158 valence electrons. The maximum atomic E-state index is 10.8. The fourth-order valence-corrected chi connectivity index (χ4v) is 4.29. The zero-order valence-corrected chi connectivity index (χ0v) is 18.5. The van der Waals surface area contributed by atoms with E-state index in [0.29, 0.717) is 18.0 Å². The number of nitrogens with one attached hydrogen (secondary N) is 1. The van der Waals surface area contributed by atoms with Crippen molar-refractivity contribution in [1.29, 1.82) is 5.26 Å². The van der Waals surface area contributed by atoms with Gasteiger partial charge in [-0.05, 0) is 50.9 Å². The van der Waals surface area contributed by atoms with Crippen LogP contribution in [-0.4, -0.2) is 41.7 Å². The molecule has 0 radical (unpaired) electrons. The molecule has 1 aromatic heterocycles. The second kappa shape index (κ2) is 12.7. The summed E-state index contributed by atoms with van der Waals surface area (Å²) in [5, 5.41) is 24.3. The highest BCUT2D eigenvalue weighted by atomic mass is 35.5. The molecule has 2 aromatic rings. The monoisotopic (exact) mass is 456 g/mol. The van der Waals surface area contributed by atoms with E-state index in [-0.39, 0.29) is 31.2 Å². The van der Waals surface area contributed by atoms with Crippen LogP contribution in [0.5, 0.6) is 0 Å². The van der Waals surface area contributed by atoms with E-state index >= 15 is 0 Å². The lowest BCUT2D eigenvalue weighted by Crippen LogP contribution is -2.43. The van der Waals surface area contributed by atoms with Crippen molar-refractivity contribution in [3.05, 3.63) is 35.2 Å². The molecular formula is C20H26Cl2N4O2S. The fraction of sp³-hybridized carbons (Fsp3) is 0.450. The summed E-state index contributed by atoms with van der Waals surface area (Å²) in [6.45, 7) is 2.84. The normalized spacial score (nSPS) is 13.6. The Balaban J connectivity index is 0.00000210. The number of hydrogen-bond acceptors (Lipinski definition) is 6. The van der Waals surface area contributed by atoms with Crippen LogP contribution in [0.4, 0.5) is 5.13 Å². The van der Waals surface area contributed by atoms with Crippen molar-refractivity contribution in [2.75, 3.05) is 24.5 Å². The number of nitriles is 1. The Labute approximate surface area is 187 Å². The van der Waals surface area contributed by atoms with Gasteiger partial charge >= 0.3 is 5.97 Å². The van der Waals surface area contributed by atoms with Crippen LogP contribution in [0, 0.1) is 11.3 Å². The van der Waals surface area contributed by atoms with Gasteiger partial charge in [0.25, 0.3) is 0 Å². The number of aromatic nitrogens is 1. The molecule has 6 nitrogen and oxygen atoms in total. The maximum absolute atomic E-state index is 10.8. The number of piperidine rings is 1. The van der Waals surface area contributed by atoms with E-state index in [1.54, 1.807) is 11.3 Å². The van der Waals surface area contributed by atoms with Gasteiger partial charge in [0.2, 0.25) is 0 Å². The summed E-state index contributed by atoms with van der Waals surface area (Å²) in [7, 11) is 0. The summed E-state index contributed by atoms with van der Waals surface area (Å²) < 4.78 is 0. The van der Waals surface area contributed by atoms with E-state index in [0.717, 1.165) is 55.3 Å². The van der Waals surface area contributed by atoms with Crippen LogP contribution in [-0.2, 0) is 4.79 Å². The summed E-state index contributed by atoms with van der Waals surface area (Å²) in [5.74, 6) is -0.735. The standard InChI is InChI=1S/C20H24N4O2S.2ClH/c21-13-15-4-6-16(7-5-15)18-14-27-20(23-18)24(12-2-1-3-19(25)26)17-8-10-22-11-9-17;;/h4-7,14,17,22H,1-3,8-12H2,(H,25,26);2*1H. The Hall–Kier alpha value is -1.85. The summed E-state index contributed by atoms with van der Waals surface area (Å²) in [5.41, 5.74) is 2.57. The molecule has 0 spiro atoms. The van der Waals surface area contributed by atoms with Gasteiger partial charge in [-0.1, -0.05) is 12.1 Å². The smallest absolute Gasteiger partial charge is 0.303 e. The minimum absolute atomic E-state index is 0. The van der Waals surface area contributed by atoms with Crippen molar-refractivity contribution in [1.82, 2.24) is 10.3 Å². The van der Waals surface area contributed by atoms with Crippen LogP contribution in [0.15, 0.2) is 29.6 Å². The van der Waals surface area contributed by atoms with Crippen LogP contribution in [0.2, 0.25) is 0 Å². The number of unbranched alkanes of at least 4 members (excludes halogenated alkanes) is 1. The number of rotatable bonds is 8. The summed E-state index contributed by atoms with van der Waals surface area (Å²) in [4.78, 5) is 18.0. The van der Waals surface area contributed by atoms with E-state index in [1.807, 2.05) is 24.3 Å². The van der Waals surface area contributed by atoms with Gasteiger partial charge in [-0.25, -0.2) is 4.98 Å². The first kappa shape index (κ1) is 25.2. The molecule has 29 heavy (non-hydrogen) atoms. The van der Waals surface area contributed by atoms with Gasteiger partial charge in [0.05, 0.1) is 17.3 Å². The topological polar surface area (TPSA) is 89.2 Å². The van der Waals surface area contributed by atoms with Gasteiger partial charge < -0.3 is 15.3 Å². The second-order valence-corrected chi connectivity index (χ2v) is 7.57. The molecule has 1 aliphatic heterocycles. The third kappa shape index (κ3) is 7.16. The number of benzene rings is 1. The highest BCUT2D eigenvalue weighted by Gasteiger charge is 2.23. The molecule has 3 rings (SSSR count).